The lowest BCUT2D eigenvalue weighted by atomic mass is 9.91. The Hall–Kier alpha value is -2.31. The zero-order chi connectivity index (χ0) is 18.4. The number of nitrogens with zero attached hydrogens (tertiary/aromatic N) is 2. The lowest BCUT2D eigenvalue weighted by Crippen LogP contribution is -2.37. The highest BCUT2D eigenvalue weighted by Gasteiger charge is 2.22. The molecular weight excluding hydrogens is 322 g/mol. The summed E-state index contributed by atoms with van der Waals surface area (Å²) in [5.41, 5.74) is 0.362. The smallest absolute Gasteiger partial charge is 0.413 e. The number of nitrogens with one attached hydrogen (secondary N) is 1. The molecule has 0 aliphatic carbocycles. The normalized spacial score (nSPS) is 15.7. The van der Waals surface area contributed by atoms with Gasteiger partial charge in [-0.15, -0.1) is 0 Å². The van der Waals surface area contributed by atoms with E-state index < -0.39 is 17.8 Å². The van der Waals surface area contributed by atoms with Gasteiger partial charge in [0, 0.05) is 18.8 Å². The number of carbonyl (C=O) groups excluding carboxylic acids is 1. The zero-order valence-electron chi connectivity index (χ0n) is 15.1. The largest absolute Gasteiger partial charge is 0.465 e. The van der Waals surface area contributed by atoms with Crippen molar-refractivity contribution < 1.29 is 19.4 Å². The Labute approximate surface area is 148 Å². The summed E-state index contributed by atoms with van der Waals surface area (Å²) < 4.78 is 5.22. The van der Waals surface area contributed by atoms with Gasteiger partial charge in [-0.1, -0.05) is 6.07 Å². The van der Waals surface area contributed by atoms with Gasteiger partial charge in [0.1, 0.15) is 11.4 Å². The number of carboxylic acid groups (broad SMARTS) is 1. The molecule has 1 fully saturated rings. The van der Waals surface area contributed by atoms with Crippen molar-refractivity contribution in [3.63, 3.8) is 0 Å². The number of ether oxygens (including phenoxy) is 1. The molecule has 0 bridgehead atoms. The Morgan fingerprint density at radius 2 is 2.00 bits per heavy atom. The number of anilines is 1. The first-order valence-electron chi connectivity index (χ1n) is 8.67. The van der Waals surface area contributed by atoms with Gasteiger partial charge >= 0.3 is 12.2 Å². The van der Waals surface area contributed by atoms with Crippen LogP contribution in [0.15, 0.2) is 18.2 Å². The van der Waals surface area contributed by atoms with Crippen LogP contribution in [0.25, 0.3) is 0 Å². The number of aryl methyl sites for hydroxylation is 1. The molecule has 138 valence electrons. The second-order valence-corrected chi connectivity index (χ2v) is 7.39. The Bertz CT molecular complexity index is 605. The minimum absolute atomic E-state index is 0.479. The topological polar surface area (TPSA) is 91.8 Å². The van der Waals surface area contributed by atoms with Gasteiger partial charge in [-0.25, -0.2) is 14.6 Å². The maximum atomic E-state index is 11.8. The highest BCUT2D eigenvalue weighted by Crippen LogP contribution is 2.22. The van der Waals surface area contributed by atoms with Crippen molar-refractivity contribution in [2.45, 2.75) is 52.1 Å². The molecule has 0 aromatic carbocycles. The standard InChI is InChI=1S/C18H27N3O4/c1-18(2,3)25-16(22)20-15-6-4-5-14(19-15)8-7-13-9-11-21(12-10-13)17(23)24/h4-6,13H,7-12H2,1-3H3,(H,23,24)(H,19,20,22). The van der Waals surface area contributed by atoms with E-state index in [-0.39, 0.29) is 0 Å². The quantitative estimate of drug-likeness (QED) is 0.864. The number of piperidine rings is 1. The highest BCUT2D eigenvalue weighted by atomic mass is 16.6. The molecule has 0 unspecified atom stereocenters. The molecule has 7 nitrogen and oxygen atoms in total. The predicted octanol–water partition coefficient (Wildman–Crippen LogP) is 3.75. The molecule has 0 atom stereocenters. The molecule has 0 radical (unpaired) electrons. The molecule has 1 aromatic heterocycles. The van der Waals surface area contributed by atoms with Crippen LogP contribution >= 0.6 is 0 Å². The van der Waals surface area contributed by atoms with E-state index in [1.165, 1.54) is 4.90 Å². The summed E-state index contributed by atoms with van der Waals surface area (Å²) in [7, 11) is 0. The highest BCUT2D eigenvalue weighted by molar-refractivity contribution is 5.83. The number of hydrogen-bond acceptors (Lipinski definition) is 4. The average molecular weight is 349 g/mol. The molecule has 25 heavy (non-hydrogen) atoms. The number of pyridine rings is 1. The molecule has 7 heteroatoms. The zero-order valence-corrected chi connectivity index (χ0v) is 15.1. The van der Waals surface area contributed by atoms with Crippen molar-refractivity contribution in [3.05, 3.63) is 23.9 Å². The third-order valence-corrected chi connectivity index (χ3v) is 4.13. The second-order valence-electron chi connectivity index (χ2n) is 7.39. The number of carbonyl (C=O) groups is 2. The van der Waals surface area contributed by atoms with E-state index in [0.717, 1.165) is 31.4 Å². The molecule has 1 aromatic rings. The summed E-state index contributed by atoms with van der Waals surface area (Å²) in [6, 6.07) is 5.54. The first-order valence-corrected chi connectivity index (χ1v) is 8.67. The summed E-state index contributed by atoms with van der Waals surface area (Å²) in [6.45, 7) is 6.64. The van der Waals surface area contributed by atoms with Crippen molar-refractivity contribution in [1.29, 1.82) is 0 Å². The SMILES string of the molecule is CC(C)(C)OC(=O)Nc1cccc(CCC2CCN(C(=O)O)CC2)n1. The van der Waals surface area contributed by atoms with Crippen LogP contribution in [0.2, 0.25) is 0 Å². The van der Waals surface area contributed by atoms with Crippen LogP contribution < -0.4 is 5.32 Å². The van der Waals surface area contributed by atoms with E-state index in [1.807, 2.05) is 32.9 Å². The fourth-order valence-electron chi connectivity index (χ4n) is 2.86. The number of hydrogen-bond donors (Lipinski definition) is 2. The number of aromatic nitrogens is 1. The van der Waals surface area contributed by atoms with Gasteiger partial charge in [-0.05, 0) is 64.5 Å². The van der Waals surface area contributed by atoms with Gasteiger partial charge < -0.3 is 14.7 Å². The number of rotatable bonds is 4. The minimum Gasteiger partial charge on any atom is -0.465 e. The predicted molar refractivity (Wildman–Crippen MR) is 94.7 cm³/mol. The summed E-state index contributed by atoms with van der Waals surface area (Å²) in [6.07, 6.45) is 2.21. The Kier molecular flexibility index (Phi) is 6.22. The van der Waals surface area contributed by atoms with E-state index in [1.54, 1.807) is 6.07 Å². The minimum atomic E-state index is -0.832. The Morgan fingerprint density at radius 3 is 2.60 bits per heavy atom. The third-order valence-electron chi connectivity index (χ3n) is 4.13. The number of amides is 2. The third kappa shape index (κ3) is 6.60. The van der Waals surface area contributed by atoms with E-state index in [2.05, 4.69) is 10.3 Å². The van der Waals surface area contributed by atoms with Gasteiger partial charge in [-0.2, -0.15) is 0 Å². The molecular formula is C18H27N3O4. The maximum absolute atomic E-state index is 11.8. The van der Waals surface area contributed by atoms with Crippen LogP contribution in [0.4, 0.5) is 15.4 Å². The van der Waals surface area contributed by atoms with Crippen LogP contribution in [-0.4, -0.2) is 45.9 Å². The van der Waals surface area contributed by atoms with Crippen LogP contribution in [0.3, 0.4) is 0 Å². The molecule has 0 saturated carbocycles. The molecule has 1 aliphatic heterocycles. The van der Waals surface area contributed by atoms with E-state index >= 15 is 0 Å². The van der Waals surface area contributed by atoms with Crippen LogP contribution in [0.1, 0.15) is 45.7 Å². The maximum Gasteiger partial charge on any atom is 0.413 e. The van der Waals surface area contributed by atoms with Crippen LogP contribution in [0.5, 0.6) is 0 Å². The molecule has 1 aliphatic rings. The molecule has 2 N–H and O–H groups in total. The first kappa shape index (κ1) is 19.0. The van der Waals surface area contributed by atoms with Gasteiger partial charge in [0.25, 0.3) is 0 Å². The van der Waals surface area contributed by atoms with Gasteiger partial charge in [-0.3, -0.25) is 5.32 Å². The summed E-state index contributed by atoms with van der Waals surface area (Å²) in [4.78, 5) is 28.7. The molecule has 2 heterocycles. The van der Waals surface area contributed by atoms with Gasteiger partial charge in [0.05, 0.1) is 0 Å². The number of likely N-dealkylation sites (tertiary alicyclic amines) is 1. The average Bonchev–Trinajstić information content (AvgIpc) is 2.52. The fourth-order valence-corrected chi connectivity index (χ4v) is 2.86. The molecule has 1 saturated heterocycles. The van der Waals surface area contributed by atoms with Crippen LogP contribution in [-0.2, 0) is 11.2 Å². The Morgan fingerprint density at radius 1 is 1.32 bits per heavy atom. The van der Waals surface area contributed by atoms with E-state index in [0.29, 0.717) is 24.8 Å². The van der Waals surface area contributed by atoms with Gasteiger partial charge in [0.2, 0.25) is 0 Å². The molecule has 2 amide bonds. The van der Waals surface area contributed by atoms with Crippen molar-refractivity contribution in [2.24, 2.45) is 5.92 Å². The summed E-state index contributed by atoms with van der Waals surface area (Å²) in [5.74, 6) is 0.993. The van der Waals surface area contributed by atoms with E-state index in [9.17, 15) is 9.59 Å². The summed E-state index contributed by atoms with van der Waals surface area (Å²) >= 11 is 0. The summed E-state index contributed by atoms with van der Waals surface area (Å²) in [5, 5.41) is 11.6. The van der Waals surface area contributed by atoms with Crippen molar-refractivity contribution in [2.75, 3.05) is 18.4 Å². The lowest BCUT2D eigenvalue weighted by Gasteiger charge is -2.29. The fraction of sp³-hybridized carbons (Fsp3) is 0.611. The van der Waals surface area contributed by atoms with Crippen LogP contribution in [0, 0.1) is 5.92 Å². The van der Waals surface area contributed by atoms with Crippen molar-refractivity contribution in [3.8, 4) is 0 Å². The molecule has 2 rings (SSSR count). The molecule has 0 spiro atoms. The first-order chi connectivity index (χ1) is 11.7. The van der Waals surface area contributed by atoms with E-state index in [4.69, 9.17) is 9.84 Å². The van der Waals surface area contributed by atoms with Gasteiger partial charge in [0.15, 0.2) is 0 Å². The monoisotopic (exact) mass is 349 g/mol. The Balaban J connectivity index is 1.81. The van der Waals surface area contributed by atoms with Crippen molar-refractivity contribution >= 4 is 18.0 Å². The lowest BCUT2D eigenvalue weighted by molar-refractivity contribution is 0.0635. The second kappa shape index (κ2) is 8.18. The van der Waals surface area contributed by atoms with Crippen molar-refractivity contribution in [1.82, 2.24) is 9.88 Å².